The Morgan fingerprint density at radius 2 is 2.24 bits per heavy atom. The van der Waals surface area contributed by atoms with Crippen molar-refractivity contribution in [2.24, 2.45) is 7.05 Å². The topological polar surface area (TPSA) is 38.0 Å². The number of thioether (sulfide) groups is 1. The lowest BCUT2D eigenvalue weighted by molar-refractivity contribution is 0.192. The largest absolute Gasteiger partial charge is 0.386 e. The number of rotatable bonds is 4. The maximum Gasteiger partial charge on any atom is 0.106 e. The van der Waals surface area contributed by atoms with Gasteiger partial charge in [0.05, 0.1) is 16.4 Å². The van der Waals surface area contributed by atoms with Crippen LogP contribution < -0.4 is 0 Å². The van der Waals surface area contributed by atoms with Crippen LogP contribution in [-0.2, 0) is 7.05 Å². The van der Waals surface area contributed by atoms with Gasteiger partial charge in [-0.25, -0.2) is 0 Å². The fourth-order valence-corrected chi connectivity index (χ4v) is 4.22. The second-order valence-corrected chi connectivity index (χ2v) is 6.80. The lowest BCUT2D eigenvalue weighted by atomic mass is 10.0. The molecule has 1 aliphatic carbocycles. The van der Waals surface area contributed by atoms with Crippen molar-refractivity contribution in [2.75, 3.05) is 5.75 Å². The van der Waals surface area contributed by atoms with Gasteiger partial charge in [-0.3, -0.25) is 4.68 Å². The third kappa shape index (κ3) is 3.48. The molecule has 96 valence electrons. The van der Waals surface area contributed by atoms with E-state index >= 15 is 0 Å². The van der Waals surface area contributed by atoms with E-state index in [0.29, 0.717) is 0 Å². The molecule has 0 amide bonds. The molecule has 0 spiro atoms. The van der Waals surface area contributed by atoms with Crippen molar-refractivity contribution in [1.29, 1.82) is 0 Å². The Labute approximate surface area is 115 Å². The number of hydrogen-bond acceptors (Lipinski definition) is 3. The van der Waals surface area contributed by atoms with E-state index in [9.17, 15) is 5.11 Å². The van der Waals surface area contributed by atoms with E-state index in [4.69, 9.17) is 0 Å². The van der Waals surface area contributed by atoms with E-state index in [1.165, 1.54) is 32.1 Å². The van der Waals surface area contributed by atoms with Crippen molar-refractivity contribution in [1.82, 2.24) is 9.78 Å². The third-order valence-electron chi connectivity index (χ3n) is 3.30. The van der Waals surface area contributed by atoms with Crippen LogP contribution in [0.2, 0.25) is 0 Å². The minimum absolute atomic E-state index is 0.427. The molecule has 1 fully saturated rings. The van der Waals surface area contributed by atoms with Crippen LogP contribution in [0.5, 0.6) is 0 Å². The van der Waals surface area contributed by atoms with Crippen molar-refractivity contribution in [2.45, 2.75) is 43.5 Å². The van der Waals surface area contributed by atoms with E-state index in [1.54, 1.807) is 10.9 Å². The molecule has 1 heterocycles. The summed E-state index contributed by atoms with van der Waals surface area (Å²) < 4.78 is 2.65. The monoisotopic (exact) mass is 318 g/mol. The number of aryl methyl sites for hydroxylation is 1. The van der Waals surface area contributed by atoms with Crippen LogP contribution in [0.15, 0.2) is 10.7 Å². The molecule has 1 aromatic heterocycles. The van der Waals surface area contributed by atoms with Crippen LogP contribution in [0, 0.1) is 0 Å². The van der Waals surface area contributed by atoms with Gasteiger partial charge in [0, 0.05) is 18.1 Å². The summed E-state index contributed by atoms with van der Waals surface area (Å²) in [4.78, 5) is 0. The van der Waals surface area contributed by atoms with Crippen LogP contribution in [0.1, 0.15) is 43.9 Å². The average molecular weight is 319 g/mol. The van der Waals surface area contributed by atoms with Crippen molar-refractivity contribution in [3.63, 3.8) is 0 Å². The minimum atomic E-state index is -0.427. The first-order valence-corrected chi connectivity index (χ1v) is 7.99. The van der Waals surface area contributed by atoms with Crippen molar-refractivity contribution < 1.29 is 5.11 Å². The highest BCUT2D eigenvalue weighted by atomic mass is 79.9. The molecule has 1 atom stereocenters. The number of hydrogen-bond donors (Lipinski definition) is 1. The second-order valence-electron chi connectivity index (χ2n) is 4.61. The lowest BCUT2D eigenvalue weighted by Crippen LogP contribution is -2.13. The van der Waals surface area contributed by atoms with Crippen molar-refractivity contribution >= 4 is 27.7 Å². The maximum atomic E-state index is 10.2. The summed E-state index contributed by atoms with van der Waals surface area (Å²) in [5, 5.41) is 15.1. The van der Waals surface area contributed by atoms with E-state index in [-0.39, 0.29) is 0 Å². The molecular formula is C12H19BrN2OS. The number of aromatic nitrogens is 2. The zero-order valence-corrected chi connectivity index (χ0v) is 12.5. The van der Waals surface area contributed by atoms with E-state index in [0.717, 1.165) is 21.2 Å². The Kier molecular flexibility index (Phi) is 4.94. The first kappa shape index (κ1) is 13.4. The Hall–Kier alpha value is -0.0000000000000000555. The van der Waals surface area contributed by atoms with Crippen LogP contribution in [-0.4, -0.2) is 25.9 Å². The fourth-order valence-electron chi connectivity index (χ4n) is 2.33. The van der Waals surface area contributed by atoms with Crippen molar-refractivity contribution in [3.05, 3.63) is 16.4 Å². The predicted molar refractivity (Wildman–Crippen MR) is 75.2 cm³/mol. The Morgan fingerprint density at radius 1 is 1.53 bits per heavy atom. The molecule has 1 unspecified atom stereocenters. The maximum absolute atomic E-state index is 10.2. The normalized spacial score (nSPS) is 19.5. The van der Waals surface area contributed by atoms with Gasteiger partial charge >= 0.3 is 0 Å². The van der Waals surface area contributed by atoms with Gasteiger partial charge in [0.15, 0.2) is 0 Å². The molecule has 3 nitrogen and oxygen atoms in total. The molecule has 17 heavy (non-hydrogen) atoms. The highest BCUT2D eigenvalue weighted by molar-refractivity contribution is 9.10. The molecule has 1 saturated carbocycles. The van der Waals surface area contributed by atoms with Gasteiger partial charge in [-0.1, -0.05) is 19.3 Å². The van der Waals surface area contributed by atoms with Crippen LogP contribution in [0.3, 0.4) is 0 Å². The molecule has 0 aromatic carbocycles. The third-order valence-corrected chi connectivity index (χ3v) is 5.36. The van der Waals surface area contributed by atoms with Gasteiger partial charge in [0.2, 0.25) is 0 Å². The predicted octanol–water partition coefficient (Wildman–Crippen LogP) is 3.28. The molecule has 1 aromatic rings. The van der Waals surface area contributed by atoms with Gasteiger partial charge in [-0.15, -0.1) is 0 Å². The summed E-state index contributed by atoms with van der Waals surface area (Å²) in [6.45, 7) is 0. The molecule has 2 rings (SSSR count). The highest BCUT2D eigenvalue weighted by Gasteiger charge is 2.19. The first-order chi connectivity index (χ1) is 8.18. The average Bonchev–Trinajstić information content (AvgIpc) is 2.67. The standard InChI is InChI=1S/C12H19BrN2OS/c1-15-12(10(13)7-14-15)11(16)8-17-9-5-3-2-4-6-9/h7,9,11,16H,2-6,8H2,1H3. The highest BCUT2D eigenvalue weighted by Crippen LogP contribution is 2.32. The summed E-state index contributed by atoms with van der Waals surface area (Å²) in [7, 11) is 1.87. The number of aliphatic hydroxyl groups excluding tert-OH is 1. The molecule has 0 saturated heterocycles. The molecule has 0 aliphatic heterocycles. The lowest BCUT2D eigenvalue weighted by Gasteiger charge is -2.22. The van der Waals surface area contributed by atoms with Crippen LogP contribution in [0.4, 0.5) is 0 Å². The van der Waals surface area contributed by atoms with Gasteiger partial charge in [0.1, 0.15) is 6.10 Å². The number of halogens is 1. The van der Waals surface area contributed by atoms with Crippen LogP contribution >= 0.6 is 27.7 Å². The molecule has 5 heteroatoms. The summed E-state index contributed by atoms with van der Waals surface area (Å²) in [5.41, 5.74) is 0.883. The molecule has 1 N–H and O–H groups in total. The van der Waals surface area contributed by atoms with Crippen molar-refractivity contribution in [3.8, 4) is 0 Å². The van der Waals surface area contributed by atoms with Gasteiger partial charge in [-0.05, 0) is 28.8 Å². The van der Waals surface area contributed by atoms with Gasteiger partial charge in [0.25, 0.3) is 0 Å². The Balaban J connectivity index is 1.86. The smallest absolute Gasteiger partial charge is 0.106 e. The summed E-state index contributed by atoms with van der Waals surface area (Å²) in [6.07, 6.45) is 8.01. The first-order valence-electron chi connectivity index (χ1n) is 6.15. The second kappa shape index (κ2) is 6.25. The van der Waals surface area contributed by atoms with Gasteiger partial charge in [-0.2, -0.15) is 16.9 Å². The minimum Gasteiger partial charge on any atom is -0.386 e. The Bertz CT molecular complexity index is 344. The summed E-state index contributed by atoms with van der Waals surface area (Å²) in [6, 6.07) is 0. The zero-order valence-electron chi connectivity index (χ0n) is 10.1. The van der Waals surface area contributed by atoms with E-state index < -0.39 is 6.10 Å². The van der Waals surface area contributed by atoms with Gasteiger partial charge < -0.3 is 5.11 Å². The Morgan fingerprint density at radius 3 is 2.82 bits per heavy atom. The molecular weight excluding hydrogens is 300 g/mol. The fraction of sp³-hybridized carbons (Fsp3) is 0.750. The molecule has 1 aliphatic rings. The zero-order chi connectivity index (χ0) is 12.3. The quantitative estimate of drug-likeness (QED) is 0.925. The van der Waals surface area contributed by atoms with Crippen LogP contribution in [0.25, 0.3) is 0 Å². The number of nitrogens with zero attached hydrogens (tertiary/aromatic N) is 2. The molecule has 0 radical (unpaired) electrons. The SMILES string of the molecule is Cn1ncc(Br)c1C(O)CSC1CCCCC1. The number of aliphatic hydroxyl groups is 1. The molecule has 0 bridgehead atoms. The summed E-state index contributed by atoms with van der Waals surface area (Å²) in [5.74, 6) is 0.767. The summed E-state index contributed by atoms with van der Waals surface area (Å²) >= 11 is 5.34. The van der Waals surface area contributed by atoms with E-state index in [1.807, 2.05) is 18.8 Å². The van der Waals surface area contributed by atoms with E-state index in [2.05, 4.69) is 21.0 Å².